The molecule has 1 saturated heterocycles. The molecule has 0 saturated carbocycles. The molecule has 188 valence electrons. The molecule has 0 unspecified atom stereocenters. The monoisotopic (exact) mass is 487 g/mol. The summed E-state index contributed by atoms with van der Waals surface area (Å²) in [6, 6.07) is 6.20. The summed E-state index contributed by atoms with van der Waals surface area (Å²) >= 11 is 0. The van der Waals surface area contributed by atoms with Crippen LogP contribution in [0.2, 0.25) is 0 Å². The van der Waals surface area contributed by atoms with Gasteiger partial charge in [-0.25, -0.2) is 18.6 Å². The summed E-state index contributed by atoms with van der Waals surface area (Å²) in [5, 5.41) is 9.52. The summed E-state index contributed by atoms with van der Waals surface area (Å²) in [6.45, 7) is 7.18. The lowest BCUT2D eigenvalue weighted by Crippen LogP contribution is -2.43. The predicted molar refractivity (Wildman–Crippen MR) is 131 cm³/mol. The highest BCUT2D eigenvalue weighted by atomic mass is 19.3. The Balaban J connectivity index is 1.42. The predicted octanol–water partition coefficient (Wildman–Crippen LogP) is 3.90. The van der Waals surface area contributed by atoms with Crippen molar-refractivity contribution in [3.8, 4) is 0 Å². The molecule has 2 aliphatic rings. The van der Waals surface area contributed by atoms with E-state index in [0.29, 0.717) is 26.1 Å². The minimum Gasteiger partial charge on any atom is -0.418 e. The fraction of sp³-hybridized carbons (Fsp3) is 0.458. The number of amides is 1. The van der Waals surface area contributed by atoms with Crippen LogP contribution < -0.4 is 20.9 Å². The maximum atomic E-state index is 13.6. The second-order valence-electron chi connectivity index (χ2n) is 8.34. The van der Waals surface area contributed by atoms with Crippen LogP contribution >= 0.6 is 0 Å². The zero-order chi connectivity index (χ0) is 24.6. The van der Waals surface area contributed by atoms with Gasteiger partial charge in [-0.3, -0.25) is 0 Å². The number of anilines is 4. The average molecular weight is 488 g/mol. The molecule has 2 aromatic rings. The fourth-order valence-corrected chi connectivity index (χ4v) is 4.07. The molecule has 1 amide bonds. The lowest BCUT2D eigenvalue weighted by atomic mass is 10.1. The van der Waals surface area contributed by atoms with Gasteiger partial charge in [0.25, 0.3) is 6.43 Å². The van der Waals surface area contributed by atoms with Crippen LogP contribution in [-0.4, -0.2) is 66.8 Å². The molecule has 2 aliphatic heterocycles. The van der Waals surface area contributed by atoms with Gasteiger partial charge in [-0.15, -0.1) is 0 Å². The lowest BCUT2D eigenvalue weighted by molar-refractivity contribution is 0.133. The lowest BCUT2D eigenvalue weighted by Gasteiger charge is -2.30. The number of aromatic nitrogens is 2. The highest BCUT2D eigenvalue weighted by molar-refractivity contribution is 5.69. The number of ether oxygens (including phenoxy) is 1. The standard InChI is InChI=1S/C24H31F2N7O2/c1-2-17-15-18(32-12-8-27-9-13-32)5-6-20(17)30-23-29-16-19(21(25)26)22(31-23)28-7-3-10-33-11-4-14-35-24(33)34/h4-6,14-16,21,27H,2-3,7-13H2,1H3,(H2,28,29,30,31). The largest absolute Gasteiger partial charge is 0.418 e. The Bertz CT molecular complexity index is 1040. The average Bonchev–Trinajstić information content (AvgIpc) is 2.88. The van der Waals surface area contributed by atoms with Crippen LogP contribution in [0.1, 0.15) is 30.9 Å². The SMILES string of the molecule is CCc1cc(N2CCNCC2)ccc1Nc1ncc(C(F)F)c(NCCCN2CC=COC2=O)n1. The normalized spacial score (nSPS) is 15.9. The van der Waals surface area contributed by atoms with E-state index in [-0.39, 0.29) is 17.3 Å². The Morgan fingerprint density at radius 3 is 2.83 bits per heavy atom. The van der Waals surface area contributed by atoms with Crippen molar-refractivity contribution >= 4 is 29.2 Å². The third kappa shape index (κ3) is 6.36. The molecule has 35 heavy (non-hydrogen) atoms. The number of carbonyl (C=O) groups excluding carboxylic acids is 1. The van der Waals surface area contributed by atoms with Crippen LogP contribution in [0, 0.1) is 0 Å². The third-order valence-corrected chi connectivity index (χ3v) is 6.00. The first-order valence-corrected chi connectivity index (χ1v) is 11.9. The summed E-state index contributed by atoms with van der Waals surface area (Å²) in [6.07, 6.45) is 2.48. The number of aryl methyl sites for hydroxylation is 1. The van der Waals surface area contributed by atoms with Gasteiger partial charge in [0.1, 0.15) is 5.82 Å². The van der Waals surface area contributed by atoms with Crippen molar-refractivity contribution in [3.05, 3.63) is 47.9 Å². The summed E-state index contributed by atoms with van der Waals surface area (Å²) in [7, 11) is 0. The van der Waals surface area contributed by atoms with Crippen LogP contribution in [0.25, 0.3) is 0 Å². The Labute approximate surface area is 203 Å². The van der Waals surface area contributed by atoms with Crippen molar-refractivity contribution in [2.24, 2.45) is 0 Å². The van der Waals surface area contributed by atoms with E-state index in [4.69, 9.17) is 4.74 Å². The first-order chi connectivity index (χ1) is 17.0. The van der Waals surface area contributed by atoms with Crippen molar-refractivity contribution in [1.82, 2.24) is 20.2 Å². The summed E-state index contributed by atoms with van der Waals surface area (Å²) in [5.41, 5.74) is 2.84. The van der Waals surface area contributed by atoms with Crippen molar-refractivity contribution in [1.29, 1.82) is 0 Å². The Hall–Kier alpha value is -3.47. The summed E-state index contributed by atoms with van der Waals surface area (Å²) in [4.78, 5) is 24.0. The summed E-state index contributed by atoms with van der Waals surface area (Å²) in [5.74, 6) is 0.320. The summed E-state index contributed by atoms with van der Waals surface area (Å²) < 4.78 is 31.9. The van der Waals surface area contributed by atoms with Gasteiger partial charge in [0.2, 0.25) is 5.95 Å². The molecule has 3 heterocycles. The van der Waals surface area contributed by atoms with E-state index >= 15 is 0 Å². The number of hydrogen-bond acceptors (Lipinski definition) is 8. The molecule has 3 N–H and O–H groups in total. The number of carbonyl (C=O) groups is 1. The van der Waals surface area contributed by atoms with E-state index < -0.39 is 12.5 Å². The number of piperazine rings is 1. The van der Waals surface area contributed by atoms with Gasteiger partial charge in [-0.05, 0) is 42.7 Å². The molecule has 1 aromatic heterocycles. The second-order valence-corrected chi connectivity index (χ2v) is 8.34. The Kier molecular flexibility index (Phi) is 8.30. The van der Waals surface area contributed by atoms with Crippen molar-refractivity contribution < 1.29 is 18.3 Å². The molecule has 0 aliphatic carbocycles. The first kappa shape index (κ1) is 24.6. The number of alkyl halides is 2. The van der Waals surface area contributed by atoms with Gasteiger partial charge >= 0.3 is 6.09 Å². The number of nitrogens with zero attached hydrogens (tertiary/aromatic N) is 4. The van der Waals surface area contributed by atoms with Crippen LogP contribution in [0.5, 0.6) is 0 Å². The van der Waals surface area contributed by atoms with Crippen molar-refractivity contribution in [3.63, 3.8) is 0 Å². The first-order valence-electron chi connectivity index (χ1n) is 11.9. The topological polar surface area (TPSA) is 94.6 Å². The molecular weight excluding hydrogens is 456 g/mol. The molecule has 9 nitrogen and oxygen atoms in total. The van der Waals surface area contributed by atoms with Crippen molar-refractivity contribution in [2.75, 3.05) is 61.3 Å². The van der Waals surface area contributed by atoms with Crippen LogP contribution in [0.15, 0.2) is 36.7 Å². The molecule has 0 bridgehead atoms. The van der Waals surface area contributed by atoms with Gasteiger partial charge in [-0.1, -0.05) is 6.92 Å². The number of cyclic esters (lactones) is 1. The minimum atomic E-state index is -2.71. The molecule has 1 fully saturated rings. The Morgan fingerprint density at radius 1 is 1.26 bits per heavy atom. The van der Waals surface area contributed by atoms with E-state index in [9.17, 15) is 13.6 Å². The second kappa shape index (κ2) is 11.8. The quantitative estimate of drug-likeness (QED) is 0.435. The fourth-order valence-electron chi connectivity index (χ4n) is 4.07. The maximum Gasteiger partial charge on any atom is 0.414 e. The minimum absolute atomic E-state index is 0.0779. The van der Waals surface area contributed by atoms with Gasteiger partial charge in [0.15, 0.2) is 0 Å². The molecule has 0 radical (unpaired) electrons. The van der Waals surface area contributed by atoms with E-state index in [2.05, 4.69) is 49.9 Å². The van der Waals surface area contributed by atoms with Crippen LogP contribution in [-0.2, 0) is 11.2 Å². The van der Waals surface area contributed by atoms with Crippen LogP contribution in [0.4, 0.5) is 36.7 Å². The van der Waals surface area contributed by atoms with E-state index in [0.717, 1.165) is 50.0 Å². The molecule has 11 heteroatoms. The highest BCUT2D eigenvalue weighted by Crippen LogP contribution is 2.29. The zero-order valence-corrected chi connectivity index (χ0v) is 19.8. The number of halogens is 2. The number of nitrogens with one attached hydrogen (secondary N) is 3. The smallest absolute Gasteiger partial charge is 0.414 e. The van der Waals surface area contributed by atoms with E-state index in [1.165, 1.54) is 11.9 Å². The molecule has 0 spiro atoms. The Morgan fingerprint density at radius 2 is 2.09 bits per heavy atom. The van der Waals surface area contributed by atoms with E-state index in [1.807, 2.05) is 6.07 Å². The van der Waals surface area contributed by atoms with Crippen LogP contribution in [0.3, 0.4) is 0 Å². The number of benzene rings is 1. The molecule has 1 aromatic carbocycles. The third-order valence-electron chi connectivity index (χ3n) is 6.00. The molecule has 4 rings (SSSR count). The highest BCUT2D eigenvalue weighted by Gasteiger charge is 2.19. The molecular formula is C24H31F2N7O2. The van der Waals surface area contributed by atoms with Crippen molar-refractivity contribution in [2.45, 2.75) is 26.2 Å². The maximum absolute atomic E-state index is 13.6. The van der Waals surface area contributed by atoms with Gasteiger partial charge in [-0.2, -0.15) is 4.98 Å². The zero-order valence-electron chi connectivity index (χ0n) is 19.8. The van der Waals surface area contributed by atoms with Gasteiger partial charge in [0, 0.05) is 63.4 Å². The van der Waals surface area contributed by atoms with Gasteiger partial charge < -0.3 is 30.5 Å². The molecule has 0 atom stereocenters. The number of rotatable bonds is 10. The van der Waals surface area contributed by atoms with Gasteiger partial charge in [0.05, 0.1) is 11.8 Å². The number of hydrogen-bond donors (Lipinski definition) is 3. The van der Waals surface area contributed by atoms with E-state index in [1.54, 1.807) is 11.0 Å².